The molecule has 6 nitrogen and oxygen atoms in total. The summed E-state index contributed by atoms with van der Waals surface area (Å²) < 4.78 is 27.0. The third-order valence-corrected chi connectivity index (χ3v) is 7.53. The van der Waals surface area contributed by atoms with Gasteiger partial charge in [-0.3, -0.25) is 4.98 Å². The van der Waals surface area contributed by atoms with E-state index in [-0.39, 0.29) is 24.8 Å². The SMILES string of the molecule is Cl.Cl.Nc1sc(CCCCCNS(=O)(=O)c2cccs2)nc1-c1ccccn1. The number of pyridine rings is 1. The molecular weight excluding hydrogens is 459 g/mol. The van der Waals surface area contributed by atoms with E-state index in [9.17, 15) is 8.42 Å². The Balaban J connectivity index is 0.00000196. The van der Waals surface area contributed by atoms with Crippen LogP contribution in [0.5, 0.6) is 0 Å². The minimum absolute atomic E-state index is 0. The van der Waals surface area contributed by atoms with E-state index in [1.165, 1.54) is 22.7 Å². The quantitative estimate of drug-likeness (QED) is 0.442. The molecule has 28 heavy (non-hydrogen) atoms. The maximum absolute atomic E-state index is 12.0. The molecule has 3 aromatic rings. The molecule has 0 bridgehead atoms. The van der Waals surface area contributed by atoms with Crippen LogP contribution in [0, 0.1) is 0 Å². The summed E-state index contributed by atoms with van der Waals surface area (Å²) in [7, 11) is -3.35. The van der Waals surface area contributed by atoms with Gasteiger partial charge in [-0.25, -0.2) is 18.1 Å². The van der Waals surface area contributed by atoms with Crippen LogP contribution in [0.4, 0.5) is 5.00 Å². The number of thiophene rings is 1. The van der Waals surface area contributed by atoms with Gasteiger partial charge in [0.2, 0.25) is 10.0 Å². The average molecular weight is 481 g/mol. The van der Waals surface area contributed by atoms with Crippen LogP contribution in [0.15, 0.2) is 46.1 Å². The normalized spacial score (nSPS) is 10.9. The largest absolute Gasteiger partial charge is 0.389 e. The Bertz CT molecular complexity index is 933. The fourth-order valence-electron chi connectivity index (χ4n) is 2.44. The third-order valence-electron chi connectivity index (χ3n) is 3.72. The van der Waals surface area contributed by atoms with Crippen molar-refractivity contribution in [3.8, 4) is 11.4 Å². The molecule has 3 aromatic heterocycles. The number of sulfonamides is 1. The Morgan fingerprint density at radius 2 is 1.89 bits per heavy atom. The molecule has 0 atom stereocenters. The molecule has 0 amide bonds. The summed E-state index contributed by atoms with van der Waals surface area (Å²) in [4.78, 5) is 8.88. The minimum Gasteiger partial charge on any atom is -0.389 e. The van der Waals surface area contributed by atoms with Gasteiger partial charge in [0, 0.05) is 12.7 Å². The standard InChI is InChI=1S/C17H20N4O2S3.2ClH/c18-17-16(13-7-3-5-10-19-13)21-14(25-17)8-2-1-4-11-20-26(22,23)15-9-6-12-24-15;;/h3,5-7,9-10,12,20H,1-2,4,8,11,18H2;2*1H. The molecule has 0 aliphatic carbocycles. The second-order valence-corrected chi connectivity index (χ2v) is 9.73. The molecule has 0 saturated heterocycles. The summed E-state index contributed by atoms with van der Waals surface area (Å²) in [5, 5.41) is 3.43. The number of nitrogens with zero attached hydrogens (tertiary/aromatic N) is 2. The molecule has 11 heteroatoms. The van der Waals surface area contributed by atoms with Gasteiger partial charge in [-0.05, 0) is 42.8 Å². The molecule has 0 unspecified atom stereocenters. The van der Waals surface area contributed by atoms with Crippen LogP contribution in [-0.4, -0.2) is 24.9 Å². The first-order chi connectivity index (χ1) is 12.6. The lowest BCUT2D eigenvalue weighted by atomic mass is 10.2. The molecule has 0 aliphatic rings. The Morgan fingerprint density at radius 1 is 1.07 bits per heavy atom. The Hall–Kier alpha value is -1.23. The smallest absolute Gasteiger partial charge is 0.250 e. The summed E-state index contributed by atoms with van der Waals surface area (Å²) in [5.74, 6) is 0. The van der Waals surface area contributed by atoms with Gasteiger partial charge in [-0.15, -0.1) is 47.5 Å². The Labute approximate surface area is 185 Å². The van der Waals surface area contributed by atoms with Crippen LogP contribution in [0.1, 0.15) is 24.3 Å². The first kappa shape index (κ1) is 24.8. The van der Waals surface area contributed by atoms with E-state index in [4.69, 9.17) is 5.73 Å². The van der Waals surface area contributed by atoms with Crippen molar-refractivity contribution < 1.29 is 8.42 Å². The van der Waals surface area contributed by atoms with E-state index < -0.39 is 10.0 Å². The fraction of sp³-hybridized carbons (Fsp3) is 0.294. The van der Waals surface area contributed by atoms with E-state index in [0.29, 0.717) is 15.8 Å². The summed E-state index contributed by atoms with van der Waals surface area (Å²) in [6.07, 6.45) is 5.21. The molecule has 3 N–H and O–H groups in total. The van der Waals surface area contributed by atoms with Gasteiger partial charge in [0.25, 0.3) is 0 Å². The fourth-order valence-corrected chi connectivity index (χ4v) is 5.44. The highest BCUT2D eigenvalue weighted by molar-refractivity contribution is 7.91. The number of hydrogen-bond acceptors (Lipinski definition) is 7. The van der Waals surface area contributed by atoms with Gasteiger partial charge in [-0.2, -0.15) is 0 Å². The second-order valence-electron chi connectivity index (χ2n) is 5.68. The Kier molecular flexibility index (Phi) is 10.4. The number of nitrogens with one attached hydrogen (secondary N) is 1. The summed E-state index contributed by atoms with van der Waals surface area (Å²) in [6, 6.07) is 9.02. The zero-order valence-corrected chi connectivity index (χ0v) is 19.0. The van der Waals surface area contributed by atoms with Gasteiger partial charge in [0.1, 0.15) is 14.9 Å². The number of aromatic nitrogens is 2. The highest BCUT2D eigenvalue weighted by Crippen LogP contribution is 2.29. The predicted molar refractivity (Wildman–Crippen MR) is 121 cm³/mol. The number of nitrogen functional groups attached to an aromatic ring is 1. The first-order valence-electron chi connectivity index (χ1n) is 8.26. The van der Waals surface area contributed by atoms with Crippen LogP contribution in [0.25, 0.3) is 11.4 Å². The summed E-state index contributed by atoms with van der Waals surface area (Å²) in [5.41, 5.74) is 7.59. The van der Waals surface area contributed by atoms with Crippen LogP contribution >= 0.6 is 47.5 Å². The molecule has 0 radical (unpaired) electrons. The van der Waals surface area contributed by atoms with Crippen molar-refractivity contribution >= 4 is 62.5 Å². The highest BCUT2D eigenvalue weighted by atomic mass is 35.5. The Morgan fingerprint density at radius 3 is 2.57 bits per heavy atom. The van der Waals surface area contributed by atoms with Crippen molar-refractivity contribution in [1.82, 2.24) is 14.7 Å². The number of halogens is 2. The van der Waals surface area contributed by atoms with E-state index in [2.05, 4.69) is 14.7 Å². The van der Waals surface area contributed by atoms with Crippen molar-refractivity contribution in [3.05, 3.63) is 46.9 Å². The molecule has 3 heterocycles. The topological polar surface area (TPSA) is 98.0 Å². The van der Waals surface area contributed by atoms with Gasteiger partial charge in [0.05, 0.1) is 10.7 Å². The van der Waals surface area contributed by atoms with Gasteiger partial charge >= 0.3 is 0 Å². The average Bonchev–Trinajstić information content (AvgIpc) is 3.29. The van der Waals surface area contributed by atoms with E-state index in [1.807, 2.05) is 18.2 Å². The number of aryl methyl sites for hydroxylation is 1. The minimum atomic E-state index is -3.35. The maximum atomic E-state index is 12.0. The number of hydrogen-bond donors (Lipinski definition) is 2. The molecule has 0 aliphatic heterocycles. The van der Waals surface area contributed by atoms with Gasteiger partial charge < -0.3 is 5.73 Å². The van der Waals surface area contributed by atoms with Gasteiger partial charge in [0.15, 0.2) is 0 Å². The molecule has 0 fully saturated rings. The molecule has 3 rings (SSSR count). The van der Waals surface area contributed by atoms with Crippen LogP contribution in [0.2, 0.25) is 0 Å². The lowest BCUT2D eigenvalue weighted by Gasteiger charge is -2.04. The summed E-state index contributed by atoms with van der Waals surface area (Å²) in [6.45, 7) is 0.444. The second kappa shape index (κ2) is 11.7. The van der Waals surface area contributed by atoms with Crippen LogP contribution in [0.3, 0.4) is 0 Å². The van der Waals surface area contributed by atoms with Crippen LogP contribution < -0.4 is 10.5 Å². The molecule has 0 spiro atoms. The van der Waals surface area contributed by atoms with Crippen molar-refractivity contribution in [2.24, 2.45) is 0 Å². The van der Waals surface area contributed by atoms with Crippen molar-refractivity contribution in [2.45, 2.75) is 29.9 Å². The molecular formula is C17H22Cl2N4O2S3. The van der Waals surface area contributed by atoms with Crippen molar-refractivity contribution in [1.29, 1.82) is 0 Å². The first-order valence-corrected chi connectivity index (χ1v) is 11.4. The molecule has 0 saturated carbocycles. The zero-order chi connectivity index (χ0) is 18.4. The van der Waals surface area contributed by atoms with Crippen LogP contribution in [-0.2, 0) is 16.4 Å². The summed E-state index contributed by atoms with van der Waals surface area (Å²) >= 11 is 2.71. The highest BCUT2D eigenvalue weighted by Gasteiger charge is 2.14. The van der Waals surface area contributed by atoms with E-state index >= 15 is 0 Å². The third kappa shape index (κ3) is 6.68. The lowest BCUT2D eigenvalue weighted by molar-refractivity contribution is 0.576. The van der Waals surface area contributed by atoms with Gasteiger partial charge in [-0.1, -0.05) is 18.6 Å². The molecule has 0 aromatic carbocycles. The lowest BCUT2D eigenvalue weighted by Crippen LogP contribution is -2.23. The number of thiazole rings is 1. The van der Waals surface area contributed by atoms with E-state index in [0.717, 1.165) is 42.1 Å². The van der Waals surface area contributed by atoms with Crippen molar-refractivity contribution in [3.63, 3.8) is 0 Å². The number of nitrogens with two attached hydrogens (primary N) is 1. The number of unbranched alkanes of at least 4 members (excludes halogenated alkanes) is 2. The van der Waals surface area contributed by atoms with Crippen molar-refractivity contribution in [2.75, 3.05) is 12.3 Å². The number of anilines is 1. The maximum Gasteiger partial charge on any atom is 0.250 e. The zero-order valence-electron chi connectivity index (χ0n) is 14.9. The van der Waals surface area contributed by atoms with E-state index in [1.54, 1.807) is 23.7 Å². The number of rotatable bonds is 9. The predicted octanol–water partition coefficient (Wildman–Crippen LogP) is 4.38. The molecule has 154 valence electrons. The monoisotopic (exact) mass is 480 g/mol.